The highest BCUT2D eigenvalue weighted by Crippen LogP contribution is 2.04. The van der Waals surface area contributed by atoms with Crippen LogP contribution in [0.1, 0.15) is 39.5 Å². The molecule has 86 valence electrons. The topological polar surface area (TPSA) is 61.7 Å². The van der Waals surface area contributed by atoms with Gasteiger partial charge >= 0.3 is 0 Å². The lowest BCUT2D eigenvalue weighted by atomic mass is 10.1. The normalized spacial score (nSPS) is 13.5. The minimum atomic E-state index is -1.26. The third-order valence-corrected chi connectivity index (χ3v) is 2.24. The summed E-state index contributed by atoms with van der Waals surface area (Å²) in [6.45, 7) is 5.23. The van der Waals surface area contributed by atoms with Crippen molar-refractivity contribution in [3.63, 3.8) is 0 Å². The molecular weight excluding hydrogens is 182 g/mol. The molecule has 0 amide bonds. The van der Waals surface area contributed by atoms with Crippen LogP contribution in [-0.4, -0.2) is 29.7 Å². The molecule has 4 nitrogen and oxygen atoms in total. The zero-order valence-electron chi connectivity index (χ0n) is 9.20. The van der Waals surface area contributed by atoms with E-state index < -0.39 is 6.29 Å². The summed E-state index contributed by atoms with van der Waals surface area (Å²) in [5.74, 6) is -0.152. The van der Waals surface area contributed by atoms with Gasteiger partial charge in [0.05, 0.1) is 6.61 Å². The minimum Gasteiger partial charge on any atom is -0.368 e. The van der Waals surface area contributed by atoms with Gasteiger partial charge in [-0.15, -0.1) is 0 Å². The molecule has 0 saturated heterocycles. The number of unbranched alkanes of at least 4 members (excludes halogenated alkanes) is 2. The van der Waals surface area contributed by atoms with Gasteiger partial charge in [-0.25, -0.2) is 5.48 Å². The highest BCUT2D eigenvalue weighted by Gasteiger charge is 2.13. The van der Waals surface area contributed by atoms with Crippen molar-refractivity contribution in [2.75, 3.05) is 13.2 Å². The van der Waals surface area contributed by atoms with Gasteiger partial charge in [-0.3, -0.25) is 0 Å². The van der Waals surface area contributed by atoms with Crippen molar-refractivity contribution in [3.05, 3.63) is 0 Å². The van der Waals surface area contributed by atoms with Gasteiger partial charge in [-0.1, -0.05) is 26.7 Å². The first-order valence-electron chi connectivity index (χ1n) is 5.43. The summed E-state index contributed by atoms with van der Waals surface area (Å²) >= 11 is 0. The van der Waals surface area contributed by atoms with Gasteiger partial charge in [0.25, 0.3) is 0 Å². The highest BCUT2D eigenvalue weighted by molar-refractivity contribution is 4.58. The van der Waals surface area contributed by atoms with Crippen LogP contribution >= 0.6 is 0 Å². The summed E-state index contributed by atoms with van der Waals surface area (Å²) in [5.41, 5.74) is 2.76. The lowest BCUT2D eigenvalue weighted by molar-refractivity contribution is -0.0959. The molecule has 0 fully saturated rings. The predicted molar refractivity (Wildman–Crippen MR) is 55.5 cm³/mol. The lowest BCUT2D eigenvalue weighted by Gasteiger charge is -2.17. The molecular formula is C10H23NO3. The third-order valence-electron chi connectivity index (χ3n) is 2.24. The van der Waals surface area contributed by atoms with Crippen LogP contribution in [0.5, 0.6) is 0 Å². The quantitative estimate of drug-likeness (QED) is 0.299. The number of rotatable bonds is 9. The molecule has 1 unspecified atom stereocenters. The minimum absolute atomic E-state index is 0.152. The van der Waals surface area contributed by atoms with Crippen molar-refractivity contribution < 1.29 is 15.1 Å². The number of hydroxylamine groups is 1. The van der Waals surface area contributed by atoms with E-state index >= 15 is 0 Å². The number of hydrogen-bond acceptors (Lipinski definition) is 4. The smallest absolute Gasteiger partial charge is 0.155 e. The molecule has 0 saturated carbocycles. The van der Waals surface area contributed by atoms with E-state index in [1.807, 2.05) is 6.92 Å². The largest absolute Gasteiger partial charge is 0.368 e. The maximum Gasteiger partial charge on any atom is 0.155 e. The van der Waals surface area contributed by atoms with Crippen molar-refractivity contribution in [1.29, 1.82) is 0 Å². The van der Waals surface area contributed by atoms with Crippen LogP contribution in [0.4, 0.5) is 0 Å². The van der Waals surface area contributed by atoms with E-state index in [2.05, 4.69) is 12.4 Å². The number of nitrogens with one attached hydrogen (secondary N) is 1. The van der Waals surface area contributed by atoms with Crippen molar-refractivity contribution >= 4 is 0 Å². The van der Waals surface area contributed by atoms with Crippen molar-refractivity contribution in [2.45, 2.75) is 45.8 Å². The first-order valence-corrected chi connectivity index (χ1v) is 5.43. The molecule has 0 aromatic heterocycles. The Morgan fingerprint density at radius 3 is 2.43 bits per heavy atom. The summed E-state index contributed by atoms with van der Waals surface area (Å²) in [6, 6.07) is 0. The number of aliphatic hydroxyl groups is 2. The summed E-state index contributed by atoms with van der Waals surface area (Å²) in [5, 5.41) is 17.8. The van der Waals surface area contributed by atoms with Gasteiger partial charge in [0.15, 0.2) is 6.29 Å². The van der Waals surface area contributed by atoms with E-state index in [0.717, 1.165) is 12.8 Å². The first kappa shape index (κ1) is 13.8. The molecule has 0 heterocycles. The Morgan fingerprint density at radius 1 is 1.21 bits per heavy atom. The van der Waals surface area contributed by atoms with Crippen LogP contribution in [0.2, 0.25) is 0 Å². The summed E-state index contributed by atoms with van der Waals surface area (Å²) in [6.07, 6.45) is 2.86. The molecule has 0 spiro atoms. The van der Waals surface area contributed by atoms with E-state index in [-0.39, 0.29) is 5.92 Å². The molecule has 0 rings (SSSR count). The number of aliphatic hydroxyl groups excluding tert-OH is 1. The second kappa shape index (κ2) is 9.40. The fourth-order valence-electron chi connectivity index (χ4n) is 1.12. The Bertz CT molecular complexity index is 120. The first-order chi connectivity index (χ1) is 6.72. The SMILES string of the molecule is CCCCCONCC(CC)C(O)O. The molecule has 1 atom stereocenters. The summed E-state index contributed by atoms with van der Waals surface area (Å²) in [4.78, 5) is 5.15. The average molecular weight is 205 g/mol. The third kappa shape index (κ3) is 7.26. The Kier molecular flexibility index (Phi) is 9.29. The van der Waals surface area contributed by atoms with Gasteiger partial charge in [0.1, 0.15) is 0 Å². The molecule has 4 heteroatoms. The van der Waals surface area contributed by atoms with E-state index in [4.69, 9.17) is 15.1 Å². The van der Waals surface area contributed by atoms with Gasteiger partial charge < -0.3 is 15.1 Å². The zero-order chi connectivity index (χ0) is 10.8. The fourth-order valence-corrected chi connectivity index (χ4v) is 1.12. The summed E-state index contributed by atoms with van der Waals surface area (Å²) in [7, 11) is 0. The van der Waals surface area contributed by atoms with E-state index in [1.165, 1.54) is 12.8 Å². The van der Waals surface area contributed by atoms with Gasteiger partial charge in [0, 0.05) is 12.5 Å². The standard InChI is InChI=1S/C10H23NO3/c1-3-5-6-7-14-11-8-9(4-2)10(12)13/h9-13H,3-8H2,1-2H3. The Labute approximate surface area is 86.2 Å². The molecule has 0 bridgehead atoms. The van der Waals surface area contributed by atoms with Crippen LogP contribution in [-0.2, 0) is 4.84 Å². The maximum absolute atomic E-state index is 8.91. The van der Waals surface area contributed by atoms with Crippen molar-refractivity contribution in [1.82, 2.24) is 5.48 Å². The van der Waals surface area contributed by atoms with Crippen LogP contribution in [0.25, 0.3) is 0 Å². The van der Waals surface area contributed by atoms with Gasteiger partial charge in [-0.05, 0) is 12.8 Å². The monoisotopic (exact) mass is 205 g/mol. The van der Waals surface area contributed by atoms with Crippen molar-refractivity contribution in [3.8, 4) is 0 Å². The summed E-state index contributed by atoms with van der Waals surface area (Å²) < 4.78 is 0. The second-order valence-corrected chi connectivity index (χ2v) is 3.49. The molecule has 14 heavy (non-hydrogen) atoms. The molecule has 0 aromatic carbocycles. The lowest BCUT2D eigenvalue weighted by Crippen LogP contribution is -2.31. The highest BCUT2D eigenvalue weighted by atomic mass is 16.6. The molecule has 0 aliphatic carbocycles. The average Bonchev–Trinajstić information content (AvgIpc) is 2.16. The van der Waals surface area contributed by atoms with Crippen LogP contribution in [0.3, 0.4) is 0 Å². The zero-order valence-corrected chi connectivity index (χ0v) is 9.20. The Morgan fingerprint density at radius 2 is 1.93 bits per heavy atom. The Hall–Kier alpha value is -0.160. The molecule has 0 aliphatic heterocycles. The van der Waals surface area contributed by atoms with Crippen LogP contribution in [0, 0.1) is 5.92 Å². The van der Waals surface area contributed by atoms with Crippen molar-refractivity contribution in [2.24, 2.45) is 5.92 Å². The second-order valence-electron chi connectivity index (χ2n) is 3.49. The molecule has 0 aliphatic rings. The van der Waals surface area contributed by atoms with E-state index in [1.54, 1.807) is 0 Å². The molecule has 3 N–H and O–H groups in total. The van der Waals surface area contributed by atoms with Crippen LogP contribution < -0.4 is 5.48 Å². The predicted octanol–water partition coefficient (Wildman–Crippen LogP) is 1.03. The molecule has 0 radical (unpaired) electrons. The van der Waals surface area contributed by atoms with E-state index in [0.29, 0.717) is 13.2 Å². The van der Waals surface area contributed by atoms with Gasteiger partial charge in [-0.2, -0.15) is 0 Å². The fraction of sp³-hybridized carbons (Fsp3) is 1.00. The maximum atomic E-state index is 8.91. The van der Waals surface area contributed by atoms with Gasteiger partial charge in [0.2, 0.25) is 0 Å². The van der Waals surface area contributed by atoms with E-state index in [9.17, 15) is 0 Å². The molecule has 0 aromatic rings. The number of hydrogen-bond donors (Lipinski definition) is 3. The van der Waals surface area contributed by atoms with Crippen LogP contribution in [0.15, 0.2) is 0 Å². The Balaban J connectivity index is 3.25.